The first-order valence-electron chi connectivity index (χ1n) is 6.60. The fourth-order valence-electron chi connectivity index (χ4n) is 2.05. The maximum Gasteiger partial charge on any atom is 0.316 e. The van der Waals surface area contributed by atoms with Crippen molar-refractivity contribution in [2.75, 3.05) is 12.9 Å². The third-order valence-corrected chi connectivity index (χ3v) is 4.15. The predicted octanol–water partition coefficient (Wildman–Crippen LogP) is 2.68. The van der Waals surface area contributed by atoms with Crippen molar-refractivity contribution in [2.45, 2.75) is 24.0 Å². The highest BCUT2D eigenvalue weighted by Gasteiger charge is 2.31. The number of carbonyl (C=O) groups excluding carboxylic acids is 1. The maximum absolute atomic E-state index is 14.0. The Hall–Kier alpha value is -1.89. The number of esters is 1. The number of aromatic nitrogens is 3. The molecule has 1 aliphatic rings. The molecule has 0 spiro atoms. The summed E-state index contributed by atoms with van der Waals surface area (Å²) in [5.41, 5.74) is 0.432. The van der Waals surface area contributed by atoms with Crippen molar-refractivity contribution in [1.82, 2.24) is 14.8 Å². The van der Waals surface area contributed by atoms with Crippen molar-refractivity contribution < 1.29 is 13.9 Å². The van der Waals surface area contributed by atoms with Crippen LogP contribution in [0.4, 0.5) is 4.39 Å². The minimum absolute atomic E-state index is 0.165. The first-order valence-corrected chi connectivity index (χ1v) is 7.58. The molecule has 1 fully saturated rings. The summed E-state index contributed by atoms with van der Waals surface area (Å²) < 4.78 is 20.5. The van der Waals surface area contributed by atoms with Gasteiger partial charge in [0.1, 0.15) is 5.82 Å². The Balaban J connectivity index is 1.93. The zero-order valence-electron chi connectivity index (χ0n) is 11.5. The number of hydrogen-bond acceptors (Lipinski definition) is 5. The van der Waals surface area contributed by atoms with E-state index in [2.05, 4.69) is 14.9 Å². The lowest BCUT2D eigenvalue weighted by Crippen LogP contribution is -2.06. The van der Waals surface area contributed by atoms with Crippen LogP contribution in [0.1, 0.15) is 18.9 Å². The van der Waals surface area contributed by atoms with Gasteiger partial charge in [-0.05, 0) is 25.0 Å². The predicted molar refractivity (Wildman–Crippen MR) is 76.4 cm³/mol. The van der Waals surface area contributed by atoms with Crippen LogP contribution in [-0.4, -0.2) is 33.6 Å². The lowest BCUT2D eigenvalue weighted by molar-refractivity contribution is -0.137. The lowest BCUT2D eigenvalue weighted by Gasteiger charge is -2.08. The average Bonchev–Trinajstić information content (AvgIpc) is 3.25. The number of thioether (sulfide) groups is 1. The second kappa shape index (κ2) is 5.85. The van der Waals surface area contributed by atoms with Crippen LogP contribution < -0.4 is 0 Å². The van der Waals surface area contributed by atoms with Gasteiger partial charge >= 0.3 is 5.97 Å². The number of benzene rings is 1. The van der Waals surface area contributed by atoms with Crippen LogP contribution >= 0.6 is 11.8 Å². The topological polar surface area (TPSA) is 57.0 Å². The Bertz CT molecular complexity index is 670. The van der Waals surface area contributed by atoms with Crippen molar-refractivity contribution in [1.29, 1.82) is 0 Å². The number of halogens is 1. The van der Waals surface area contributed by atoms with E-state index in [1.807, 2.05) is 4.57 Å². The summed E-state index contributed by atoms with van der Waals surface area (Å²) in [5, 5.41) is 8.84. The highest BCUT2D eigenvalue weighted by Crippen LogP contribution is 2.41. The molecule has 1 aromatic heterocycles. The fourth-order valence-corrected chi connectivity index (χ4v) is 2.88. The Kier molecular flexibility index (Phi) is 3.92. The maximum atomic E-state index is 14.0. The molecule has 110 valence electrons. The van der Waals surface area contributed by atoms with Gasteiger partial charge in [-0.25, -0.2) is 4.39 Å². The van der Waals surface area contributed by atoms with E-state index in [0.29, 0.717) is 16.5 Å². The van der Waals surface area contributed by atoms with Crippen LogP contribution in [0, 0.1) is 5.82 Å². The zero-order chi connectivity index (χ0) is 14.8. The normalized spacial score (nSPS) is 14.2. The minimum Gasteiger partial charge on any atom is -0.468 e. The molecule has 2 aromatic rings. The monoisotopic (exact) mass is 307 g/mol. The van der Waals surface area contributed by atoms with E-state index >= 15 is 0 Å². The SMILES string of the molecule is COC(=O)CSc1nnc(-c2ccccc2F)n1C1CC1. The molecule has 0 atom stereocenters. The molecule has 0 unspecified atom stereocenters. The molecule has 0 N–H and O–H groups in total. The van der Waals surface area contributed by atoms with Crippen LogP contribution in [0.25, 0.3) is 11.4 Å². The van der Waals surface area contributed by atoms with Gasteiger partial charge in [-0.3, -0.25) is 9.36 Å². The Labute approximate surface area is 125 Å². The van der Waals surface area contributed by atoms with Crippen molar-refractivity contribution in [3.63, 3.8) is 0 Å². The fraction of sp³-hybridized carbons (Fsp3) is 0.357. The summed E-state index contributed by atoms with van der Waals surface area (Å²) in [6, 6.07) is 6.79. The molecule has 3 rings (SSSR count). The summed E-state index contributed by atoms with van der Waals surface area (Å²) in [6.45, 7) is 0. The van der Waals surface area contributed by atoms with Gasteiger partial charge in [-0.15, -0.1) is 10.2 Å². The van der Waals surface area contributed by atoms with Gasteiger partial charge < -0.3 is 4.74 Å². The van der Waals surface area contributed by atoms with Crippen molar-refractivity contribution >= 4 is 17.7 Å². The third kappa shape index (κ3) is 2.92. The molecular weight excluding hydrogens is 293 g/mol. The van der Waals surface area contributed by atoms with Gasteiger partial charge in [0.25, 0.3) is 0 Å². The zero-order valence-corrected chi connectivity index (χ0v) is 12.3. The molecule has 1 aromatic carbocycles. The van der Waals surface area contributed by atoms with E-state index in [0.717, 1.165) is 12.8 Å². The molecule has 1 saturated carbocycles. The highest BCUT2D eigenvalue weighted by atomic mass is 32.2. The van der Waals surface area contributed by atoms with Gasteiger partial charge in [0.15, 0.2) is 11.0 Å². The van der Waals surface area contributed by atoms with Crippen LogP contribution in [0.15, 0.2) is 29.4 Å². The van der Waals surface area contributed by atoms with Gasteiger partial charge in [0, 0.05) is 6.04 Å². The van der Waals surface area contributed by atoms with Crippen LogP contribution in [0.3, 0.4) is 0 Å². The molecule has 1 heterocycles. The first-order chi connectivity index (χ1) is 10.2. The van der Waals surface area contributed by atoms with E-state index in [1.54, 1.807) is 18.2 Å². The Morgan fingerprint density at radius 3 is 2.86 bits per heavy atom. The van der Waals surface area contributed by atoms with Crippen molar-refractivity contribution in [2.24, 2.45) is 0 Å². The number of hydrogen-bond donors (Lipinski definition) is 0. The van der Waals surface area contributed by atoms with Crippen LogP contribution in [-0.2, 0) is 9.53 Å². The molecule has 0 aliphatic heterocycles. The first kappa shape index (κ1) is 14.1. The smallest absolute Gasteiger partial charge is 0.316 e. The van der Waals surface area contributed by atoms with Gasteiger partial charge in [0.2, 0.25) is 0 Å². The summed E-state index contributed by atoms with van der Waals surface area (Å²) in [5.74, 6) is 0.0376. The molecule has 1 aliphatic carbocycles. The lowest BCUT2D eigenvalue weighted by atomic mass is 10.2. The molecule has 0 amide bonds. The van der Waals surface area contributed by atoms with Crippen LogP contribution in [0.5, 0.6) is 0 Å². The largest absolute Gasteiger partial charge is 0.468 e. The molecule has 0 bridgehead atoms. The summed E-state index contributed by atoms with van der Waals surface area (Å²) >= 11 is 1.26. The number of rotatable bonds is 5. The molecule has 0 radical (unpaired) electrons. The molecule has 7 heteroatoms. The average molecular weight is 307 g/mol. The van der Waals surface area contributed by atoms with E-state index in [9.17, 15) is 9.18 Å². The minimum atomic E-state index is -0.323. The number of nitrogens with zero attached hydrogens (tertiary/aromatic N) is 3. The molecule has 0 saturated heterocycles. The van der Waals surface area contributed by atoms with E-state index < -0.39 is 0 Å². The molecule has 5 nitrogen and oxygen atoms in total. The van der Waals surface area contributed by atoms with Crippen molar-refractivity contribution in [3.8, 4) is 11.4 Å². The Morgan fingerprint density at radius 1 is 1.43 bits per heavy atom. The number of ether oxygens (including phenoxy) is 1. The second-order valence-electron chi connectivity index (χ2n) is 4.75. The second-order valence-corrected chi connectivity index (χ2v) is 5.69. The molecule has 21 heavy (non-hydrogen) atoms. The highest BCUT2D eigenvalue weighted by molar-refractivity contribution is 7.99. The van der Waals surface area contributed by atoms with Gasteiger partial charge in [0.05, 0.1) is 18.4 Å². The van der Waals surface area contributed by atoms with Gasteiger partial charge in [-0.1, -0.05) is 23.9 Å². The summed E-state index contributed by atoms with van der Waals surface area (Å²) in [7, 11) is 1.35. The summed E-state index contributed by atoms with van der Waals surface area (Å²) in [4.78, 5) is 11.3. The summed E-state index contributed by atoms with van der Waals surface area (Å²) in [6.07, 6.45) is 2.04. The third-order valence-electron chi connectivity index (χ3n) is 3.24. The van der Waals surface area contributed by atoms with Gasteiger partial charge in [-0.2, -0.15) is 0 Å². The standard InChI is InChI=1S/C14H14FN3O2S/c1-20-12(19)8-21-14-17-16-13(18(14)9-6-7-9)10-4-2-3-5-11(10)15/h2-5,9H,6-8H2,1H3. The quantitative estimate of drug-likeness (QED) is 0.628. The van der Waals surface area contributed by atoms with E-state index in [-0.39, 0.29) is 23.6 Å². The Morgan fingerprint density at radius 2 is 2.19 bits per heavy atom. The van der Waals surface area contributed by atoms with Crippen molar-refractivity contribution in [3.05, 3.63) is 30.1 Å². The van der Waals surface area contributed by atoms with Crippen LogP contribution in [0.2, 0.25) is 0 Å². The molecular formula is C14H14FN3O2S. The van der Waals surface area contributed by atoms with E-state index in [1.165, 1.54) is 24.9 Å². The number of carbonyl (C=O) groups is 1. The number of methoxy groups -OCH3 is 1. The van der Waals surface area contributed by atoms with E-state index in [4.69, 9.17) is 0 Å².